The summed E-state index contributed by atoms with van der Waals surface area (Å²) in [5.74, 6) is 0.572. The summed E-state index contributed by atoms with van der Waals surface area (Å²) in [6, 6.07) is 9.41. The second-order valence-electron chi connectivity index (χ2n) is 5.92. The Kier molecular flexibility index (Phi) is 6.01. The molecule has 2 aromatic rings. The van der Waals surface area contributed by atoms with E-state index in [1.165, 1.54) is 18.2 Å². The van der Waals surface area contributed by atoms with Crippen molar-refractivity contribution in [3.05, 3.63) is 71.8 Å². The van der Waals surface area contributed by atoms with Gasteiger partial charge in [0.1, 0.15) is 17.2 Å². The SMILES string of the molecule is C=CCc1cc(/C=C/C(=O)c2ccc(O)cc2)c(OC(C)C)cc1O. The number of rotatable bonds is 7. The van der Waals surface area contributed by atoms with Crippen molar-refractivity contribution >= 4 is 11.9 Å². The van der Waals surface area contributed by atoms with Gasteiger partial charge >= 0.3 is 0 Å². The second-order valence-corrected chi connectivity index (χ2v) is 5.92. The van der Waals surface area contributed by atoms with Gasteiger partial charge < -0.3 is 14.9 Å². The van der Waals surface area contributed by atoms with Crippen LogP contribution in [0.15, 0.2) is 55.1 Å². The highest BCUT2D eigenvalue weighted by Crippen LogP contribution is 2.31. The highest BCUT2D eigenvalue weighted by atomic mass is 16.5. The molecule has 4 nitrogen and oxygen atoms in total. The predicted octanol–water partition coefficient (Wildman–Crippen LogP) is 4.51. The number of benzene rings is 2. The molecule has 2 rings (SSSR count). The van der Waals surface area contributed by atoms with E-state index in [0.29, 0.717) is 28.9 Å². The summed E-state index contributed by atoms with van der Waals surface area (Å²) < 4.78 is 5.73. The van der Waals surface area contributed by atoms with Gasteiger partial charge in [-0.25, -0.2) is 0 Å². The highest BCUT2D eigenvalue weighted by molar-refractivity contribution is 6.07. The average molecular weight is 338 g/mol. The fourth-order valence-corrected chi connectivity index (χ4v) is 2.33. The topological polar surface area (TPSA) is 66.8 Å². The lowest BCUT2D eigenvalue weighted by molar-refractivity contribution is 0.104. The van der Waals surface area contributed by atoms with E-state index in [1.807, 2.05) is 13.8 Å². The van der Waals surface area contributed by atoms with E-state index in [2.05, 4.69) is 6.58 Å². The molecule has 0 fully saturated rings. The molecular formula is C21H22O4. The molecule has 25 heavy (non-hydrogen) atoms. The Balaban J connectivity index is 2.34. The van der Waals surface area contributed by atoms with Gasteiger partial charge in [-0.2, -0.15) is 0 Å². The van der Waals surface area contributed by atoms with Gasteiger partial charge in [-0.15, -0.1) is 6.58 Å². The van der Waals surface area contributed by atoms with Gasteiger partial charge in [-0.3, -0.25) is 4.79 Å². The Morgan fingerprint density at radius 3 is 2.48 bits per heavy atom. The smallest absolute Gasteiger partial charge is 0.185 e. The van der Waals surface area contributed by atoms with E-state index < -0.39 is 0 Å². The predicted molar refractivity (Wildman–Crippen MR) is 99.2 cm³/mol. The Morgan fingerprint density at radius 1 is 1.20 bits per heavy atom. The molecule has 2 N–H and O–H groups in total. The van der Waals surface area contributed by atoms with Crippen molar-refractivity contribution in [2.45, 2.75) is 26.4 Å². The summed E-state index contributed by atoms with van der Waals surface area (Å²) in [5, 5.41) is 19.4. The largest absolute Gasteiger partial charge is 0.508 e. The molecular weight excluding hydrogens is 316 g/mol. The monoisotopic (exact) mass is 338 g/mol. The first kappa shape index (κ1) is 18.3. The number of hydrogen-bond donors (Lipinski definition) is 2. The van der Waals surface area contributed by atoms with Crippen molar-refractivity contribution in [3.63, 3.8) is 0 Å². The fraction of sp³-hybridized carbons (Fsp3) is 0.190. The molecule has 0 saturated carbocycles. The fourth-order valence-electron chi connectivity index (χ4n) is 2.33. The van der Waals surface area contributed by atoms with E-state index in [1.54, 1.807) is 36.4 Å². The normalized spacial score (nSPS) is 11.0. The molecule has 2 aromatic carbocycles. The third-order valence-electron chi connectivity index (χ3n) is 3.50. The molecule has 0 heterocycles. The summed E-state index contributed by atoms with van der Waals surface area (Å²) in [6.07, 6.45) is 5.26. The summed E-state index contributed by atoms with van der Waals surface area (Å²) in [5.41, 5.74) is 1.89. The average Bonchev–Trinajstić information content (AvgIpc) is 2.56. The van der Waals surface area contributed by atoms with E-state index in [9.17, 15) is 15.0 Å². The molecule has 4 heteroatoms. The number of ketones is 1. The van der Waals surface area contributed by atoms with Gasteiger partial charge in [0.05, 0.1) is 6.10 Å². The van der Waals surface area contributed by atoms with Gasteiger partial charge in [0, 0.05) is 17.2 Å². The summed E-state index contributed by atoms with van der Waals surface area (Å²) in [6.45, 7) is 7.47. The van der Waals surface area contributed by atoms with E-state index in [-0.39, 0.29) is 23.4 Å². The minimum atomic E-state index is -0.186. The van der Waals surface area contributed by atoms with Gasteiger partial charge in [0.15, 0.2) is 5.78 Å². The number of hydrogen-bond acceptors (Lipinski definition) is 4. The molecule has 0 aliphatic rings. The number of carbonyl (C=O) groups is 1. The first-order valence-corrected chi connectivity index (χ1v) is 8.05. The van der Waals surface area contributed by atoms with Gasteiger partial charge in [0.25, 0.3) is 0 Å². The lowest BCUT2D eigenvalue weighted by atomic mass is 10.0. The third kappa shape index (κ3) is 4.98. The molecule has 0 aromatic heterocycles. The lowest BCUT2D eigenvalue weighted by Crippen LogP contribution is -2.07. The van der Waals surface area contributed by atoms with Crippen molar-refractivity contribution < 1.29 is 19.7 Å². The number of ether oxygens (including phenoxy) is 1. The summed E-state index contributed by atoms with van der Waals surface area (Å²) in [7, 11) is 0. The van der Waals surface area contributed by atoms with Crippen molar-refractivity contribution in [1.29, 1.82) is 0 Å². The maximum absolute atomic E-state index is 12.3. The maximum Gasteiger partial charge on any atom is 0.185 e. The minimum absolute atomic E-state index is 0.0652. The maximum atomic E-state index is 12.3. The Labute approximate surface area is 147 Å². The number of phenolic OH excluding ortho intramolecular Hbond substituents is 2. The van der Waals surface area contributed by atoms with E-state index in [4.69, 9.17) is 4.74 Å². The molecule has 0 amide bonds. The van der Waals surface area contributed by atoms with Crippen LogP contribution in [0.2, 0.25) is 0 Å². The van der Waals surface area contributed by atoms with Crippen molar-refractivity contribution in [2.24, 2.45) is 0 Å². The molecule has 0 unspecified atom stereocenters. The lowest BCUT2D eigenvalue weighted by Gasteiger charge is -2.14. The number of allylic oxidation sites excluding steroid dienone is 2. The van der Waals surface area contributed by atoms with Crippen LogP contribution in [-0.4, -0.2) is 22.1 Å². The van der Waals surface area contributed by atoms with E-state index >= 15 is 0 Å². The Morgan fingerprint density at radius 2 is 1.88 bits per heavy atom. The van der Waals surface area contributed by atoms with E-state index in [0.717, 1.165) is 0 Å². The molecule has 0 saturated heterocycles. The summed E-state index contributed by atoms with van der Waals surface area (Å²) >= 11 is 0. The first-order chi connectivity index (χ1) is 11.9. The van der Waals surface area contributed by atoms with Crippen LogP contribution in [0.4, 0.5) is 0 Å². The van der Waals surface area contributed by atoms with Crippen molar-refractivity contribution in [1.82, 2.24) is 0 Å². The third-order valence-corrected chi connectivity index (χ3v) is 3.50. The highest BCUT2D eigenvalue weighted by Gasteiger charge is 2.10. The second kappa shape index (κ2) is 8.20. The zero-order chi connectivity index (χ0) is 18.4. The number of carbonyl (C=O) groups excluding carboxylic acids is 1. The summed E-state index contributed by atoms with van der Waals surface area (Å²) in [4.78, 5) is 12.3. The zero-order valence-corrected chi connectivity index (χ0v) is 14.4. The zero-order valence-electron chi connectivity index (χ0n) is 14.4. The van der Waals surface area contributed by atoms with Crippen LogP contribution < -0.4 is 4.74 Å². The van der Waals surface area contributed by atoms with Crippen molar-refractivity contribution in [3.8, 4) is 17.2 Å². The molecule has 130 valence electrons. The van der Waals surface area contributed by atoms with Crippen LogP contribution in [0.1, 0.15) is 35.3 Å². The number of aromatic hydroxyl groups is 2. The molecule has 0 aliphatic heterocycles. The number of phenols is 2. The van der Waals surface area contributed by atoms with Gasteiger partial charge in [-0.1, -0.05) is 6.08 Å². The van der Waals surface area contributed by atoms with Crippen LogP contribution in [0.3, 0.4) is 0 Å². The quantitative estimate of drug-likeness (QED) is 0.443. The molecule has 0 atom stereocenters. The van der Waals surface area contributed by atoms with Crippen LogP contribution in [0.25, 0.3) is 6.08 Å². The molecule has 0 aliphatic carbocycles. The van der Waals surface area contributed by atoms with Gasteiger partial charge in [-0.05, 0) is 68.3 Å². The van der Waals surface area contributed by atoms with Gasteiger partial charge in [0.2, 0.25) is 0 Å². The van der Waals surface area contributed by atoms with Crippen LogP contribution in [0, 0.1) is 0 Å². The van der Waals surface area contributed by atoms with Crippen LogP contribution >= 0.6 is 0 Å². The van der Waals surface area contributed by atoms with Crippen LogP contribution in [-0.2, 0) is 6.42 Å². The first-order valence-electron chi connectivity index (χ1n) is 8.05. The molecule has 0 bridgehead atoms. The van der Waals surface area contributed by atoms with Crippen molar-refractivity contribution in [2.75, 3.05) is 0 Å². The molecule has 0 spiro atoms. The molecule has 0 radical (unpaired) electrons. The van der Waals surface area contributed by atoms with Crippen LogP contribution in [0.5, 0.6) is 17.2 Å². The Bertz CT molecular complexity index is 786. The Hall–Kier alpha value is -3.01. The minimum Gasteiger partial charge on any atom is -0.508 e. The standard InChI is InChI=1S/C21H22O4/c1-4-5-16-12-17(21(13-20(16)24)25-14(2)3)8-11-19(23)15-6-9-18(22)10-7-15/h4,6-14,22,24H,1,5H2,2-3H3/b11-8+.